The zero-order chi connectivity index (χ0) is 17.4. The van der Waals surface area contributed by atoms with Gasteiger partial charge in [-0.2, -0.15) is 0 Å². The zero-order valence-corrected chi connectivity index (χ0v) is 18.6. The monoisotopic (exact) mass is 472 g/mol. The summed E-state index contributed by atoms with van der Waals surface area (Å²) in [6.45, 7) is 6.60. The van der Waals surface area contributed by atoms with Crippen LogP contribution in [0.15, 0.2) is 47.5 Å². The summed E-state index contributed by atoms with van der Waals surface area (Å²) in [7, 11) is 4.22. The highest BCUT2D eigenvalue weighted by Gasteiger charge is 2.14. The number of guanidine groups is 1. The fraction of sp³-hybridized carbons (Fsp3) is 0.421. The molecule has 6 heteroatoms. The molecule has 0 bridgehead atoms. The molecular formula is C19H29IN4S. The molecule has 0 spiro atoms. The third-order valence-electron chi connectivity index (χ3n) is 3.80. The molecule has 1 unspecified atom stereocenters. The molecule has 0 amide bonds. The third kappa shape index (κ3) is 7.33. The van der Waals surface area contributed by atoms with E-state index in [1.54, 1.807) is 11.3 Å². The minimum absolute atomic E-state index is 0. The molecule has 1 aromatic heterocycles. The molecule has 0 saturated carbocycles. The standard InChI is InChI=1S/C19H28N4S.HI/c1-5-20-19(21-13-17-12-11-15(2)24-17)22-14-18(23(3)4)16-9-7-6-8-10-16;/h6-12,18H,5,13-14H2,1-4H3,(H2,20,21,22);1H. The number of likely N-dealkylation sites (N-methyl/N-ethyl adjacent to an activating group) is 1. The molecule has 2 aromatic rings. The lowest BCUT2D eigenvalue weighted by molar-refractivity contribution is 0.298. The molecule has 0 fully saturated rings. The Morgan fingerprint density at radius 2 is 1.84 bits per heavy atom. The Labute approximate surface area is 172 Å². The largest absolute Gasteiger partial charge is 0.357 e. The van der Waals surface area contributed by atoms with Gasteiger partial charge in [-0.15, -0.1) is 35.3 Å². The smallest absolute Gasteiger partial charge is 0.191 e. The summed E-state index contributed by atoms with van der Waals surface area (Å²) < 4.78 is 0. The number of halogens is 1. The fourth-order valence-electron chi connectivity index (χ4n) is 2.54. The van der Waals surface area contributed by atoms with Crippen molar-refractivity contribution in [1.82, 2.24) is 15.5 Å². The van der Waals surface area contributed by atoms with Crippen molar-refractivity contribution in [3.63, 3.8) is 0 Å². The Hall–Kier alpha value is -1.12. The van der Waals surface area contributed by atoms with Crippen LogP contribution in [0, 0.1) is 6.92 Å². The van der Waals surface area contributed by atoms with Crippen LogP contribution in [0.1, 0.15) is 28.3 Å². The predicted molar refractivity (Wildman–Crippen MR) is 120 cm³/mol. The molecule has 0 aliphatic rings. The summed E-state index contributed by atoms with van der Waals surface area (Å²) in [4.78, 5) is 9.56. The Bertz CT molecular complexity index is 640. The average molecular weight is 472 g/mol. The van der Waals surface area contributed by atoms with Crippen LogP contribution in [0.4, 0.5) is 0 Å². The second-order valence-corrected chi connectivity index (χ2v) is 7.35. The van der Waals surface area contributed by atoms with Crippen molar-refractivity contribution in [2.24, 2.45) is 4.99 Å². The maximum absolute atomic E-state index is 4.71. The average Bonchev–Trinajstić information content (AvgIpc) is 2.99. The van der Waals surface area contributed by atoms with Crippen LogP contribution >= 0.6 is 35.3 Å². The van der Waals surface area contributed by atoms with Crippen LogP contribution in [0.2, 0.25) is 0 Å². The van der Waals surface area contributed by atoms with Crippen molar-refractivity contribution >= 4 is 41.3 Å². The maximum atomic E-state index is 4.71. The van der Waals surface area contributed by atoms with E-state index in [9.17, 15) is 0 Å². The van der Waals surface area contributed by atoms with Crippen molar-refractivity contribution in [3.05, 3.63) is 57.8 Å². The number of thiophene rings is 1. The van der Waals surface area contributed by atoms with E-state index in [1.807, 2.05) is 0 Å². The van der Waals surface area contributed by atoms with E-state index in [1.165, 1.54) is 15.3 Å². The van der Waals surface area contributed by atoms with Gasteiger partial charge in [0.05, 0.1) is 12.6 Å². The predicted octanol–water partition coefficient (Wildman–Crippen LogP) is 4.03. The van der Waals surface area contributed by atoms with Gasteiger partial charge >= 0.3 is 0 Å². The highest BCUT2D eigenvalue weighted by molar-refractivity contribution is 14.0. The second kappa shape index (κ2) is 11.5. The van der Waals surface area contributed by atoms with E-state index in [0.717, 1.165) is 19.0 Å². The minimum Gasteiger partial charge on any atom is -0.357 e. The number of nitrogens with one attached hydrogen (secondary N) is 2. The van der Waals surface area contributed by atoms with Crippen molar-refractivity contribution in [2.75, 3.05) is 27.2 Å². The van der Waals surface area contributed by atoms with Gasteiger partial charge in [-0.1, -0.05) is 30.3 Å². The lowest BCUT2D eigenvalue weighted by Gasteiger charge is -2.26. The normalized spacial score (nSPS) is 12.6. The molecular weight excluding hydrogens is 443 g/mol. The molecule has 1 aromatic carbocycles. The van der Waals surface area contributed by atoms with E-state index in [2.05, 4.69) is 85.9 Å². The van der Waals surface area contributed by atoms with Gasteiger partial charge < -0.3 is 15.5 Å². The Morgan fingerprint density at radius 3 is 2.40 bits per heavy atom. The quantitative estimate of drug-likeness (QED) is 0.363. The lowest BCUT2D eigenvalue weighted by atomic mass is 10.1. The Balaban J connectivity index is 0.00000312. The number of benzene rings is 1. The number of aliphatic imine (C=N–C) groups is 1. The van der Waals surface area contributed by atoms with Gasteiger partial charge in [0, 0.05) is 22.8 Å². The summed E-state index contributed by atoms with van der Waals surface area (Å²) in [5.74, 6) is 0.867. The molecule has 2 rings (SSSR count). The molecule has 2 N–H and O–H groups in total. The van der Waals surface area contributed by atoms with E-state index in [-0.39, 0.29) is 24.0 Å². The Kier molecular flexibility index (Phi) is 10.1. The molecule has 0 aliphatic heterocycles. The van der Waals surface area contributed by atoms with Gasteiger partial charge in [-0.05, 0) is 45.6 Å². The fourth-order valence-corrected chi connectivity index (χ4v) is 3.35. The molecule has 0 saturated heterocycles. The highest BCUT2D eigenvalue weighted by Crippen LogP contribution is 2.17. The van der Waals surface area contributed by atoms with Crippen molar-refractivity contribution < 1.29 is 0 Å². The second-order valence-electron chi connectivity index (χ2n) is 5.98. The number of hydrogen-bond acceptors (Lipinski definition) is 3. The summed E-state index contributed by atoms with van der Waals surface area (Å²) in [5, 5.41) is 6.81. The molecule has 1 heterocycles. The summed E-state index contributed by atoms with van der Waals surface area (Å²) in [6.07, 6.45) is 0. The van der Waals surface area contributed by atoms with Crippen molar-refractivity contribution in [2.45, 2.75) is 26.4 Å². The van der Waals surface area contributed by atoms with Crippen LogP contribution in [0.3, 0.4) is 0 Å². The number of nitrogens with zero attached hydrogens (tertiary/aromatic N) is 2. The van der Waals surface area contributed by atoms with E-state index in [0.29, 0.717) is 12.6 Å². The van der Waals surface area contributed by atoms with Crippen LogP contribution in [0.25, 0.3) is 0 Å². The van der Waals surface area contributed by atoms with E-state index < -0.39 is 0 Å². The van der Waals surface area contributed by atoms with Gasteiger partial charge in [0.25, 0.3) is 0 Å². The lowest BCUT2D eigenvalue weighted by Crippen LogP contribution is -2.41. The number of hydrogen-bond donors (Lipinski definition) is 2. The molecule has 4 nitrogen and oxygen atoms in total. The van der Waals surface area contributed by atoms with Crippen LogP contribution in [0.5, 0.6) is 0 Å². The number of aryl methyl sites for hydroxylation is 1. The summed E-state index contributed by atoms with van der Waals surface area (Å²) in [5.41, 5.74) is 1.31. The molecule has 0 aliphatic carbocycles. The van der Waals surface area contributed by atoms with Crippen LogP contribution in [-0.4, -0.2) is 38.0 Å². The highest BCUT2D eigenvalue weighted by atomic mass is 127. The first-order valence-electron chi connectivity index (χ1n) is 8.39. The van der Waals surface area contributed by atoms with Gasteiger partial charge in [-0.25, -0.2) is 4.99 Å². The topological polar surface area (TPSA) is 39.7 Å². The molecule has 1 atom stereocenters. The van der Waals surface area contributed by atoms with E-state index in [4.69, 9.17) is 4.99 Å². The van der Waals surface area contributed by atoms with Crippen LogP contribution in [-0.2, 0) is 6.54 Å². The first-order valence-corrected chi connectivity index (χ1v) is 9.20. The zero-order valence-electron chi connectivity index (χ0n) is 15.5. The van der Waals surface area contributed by atoms with Gasteiger partial charge in [0.1, 0.15) is 0 Å². The van der Waals surface area contributed by atoms with E-state index >= 15 is 0 Å². The first-order chi connectivity index (χ1) is 11.6. The van der Waals surface area contributed by atoms with Gasteiger partial charge in [-0.3, -0.25) is 0 Å². The van der Waals surface area contributed by atoms with Gasteiger partial charge in [0.2, 0.25) is 0 Å². The summed E-state index contributed by atoms with van der Waals surface area (Å²) >= 11 is 1.80. The maximum Gasteiger partial charge on any atom is 0.191 e. The molecule has 0 radical (unpaired) electrons. The Morgan fingerprint density at radius 1 is 1.12 bits per heavy atom. The van der Waals surface area contributed by atoms with Crippen molar-refractivity contribution in [3.8, 4) is 0 Å². The third-order valence-corrected chi connectivity index (χ3v) is 4.79. The first kappa shape index (κ1) is 21.9. The van der Waals surface area contributed by atoms with Gasteiger partial charge in [0.15, 0.2) is 5.96 Å². The van der Waals surface area contributed by atoms with Crippen molar-refractivity contribution in [1.29, 1.82) is 0 Å². The van der Waals surface area contributed by atoms with Crippen LogP contribution < -0.4 is 10.6 Å². The SMILES string of the molecule is CCNC(=NCc1ccc(C)s1)NCC(c1ccccc1)N(C)C.I. The number of rotatable bonds is 7. The molecule has 138 valence electrons. The molecule has 25 heavy (non-hydrogen) atoms. The minimum atomic E-state index is 0. The summed E-state index contributed by atoms with van der Waals surface area (Å²) in [6, 6.07) is 15.2.